The number of ether oxygens (including phenoxy) is 1. The molecule has 0 aliphatic rings. The van der Waals surface area contributed by atoms with E-state index in [1.165, 1.54) is 6.08 Å². The minimum absolute atomic E-state index is 0.239. The SMILES string of the molecule is COc1cc(C)ccc1NC(=O)C=Cc1ccccc1Cl. The van der Waals surface area contributed by atoms with Gasteiger partial charge in [-0.05, 0) is 42.3 Å². The van der Waals surface area contributed by atoms with Gasteiger partial charge in [0.25, 0.3) is 0 Å². The predicted octanol–water partition coefficient (Wildman–Crippen LogP) is 4.31. The van der Waals surface area contributed by atoms with Crippen molar-refractivity contribution in [2.24, 2.45) is 0 Å². The van der Waals surface area contributed by atoms with Crippen molar-refractivity contribution in [3.05, 3.63) is 64.7 Å². The lowest BCUT2D eigenvalue weighted by molar-refractivity contribution is -0.111. The van der Waals surface area contributed by atoms with Crippen LogP contribution in [0.3, 0.4) is 0 Å². The number of carbonyl (C=O) groups is 1. The molecule has 0 saturated carbocycles. The molecule has 1 amide bonds. The molecule has 0 aliphatic heterocycles. The molecule has 0 radical (unpaired) electrons. The number of nitrogens with one attached hydrogen (secondary N) is 1. The third kappa shape index (κ3) is 4.10. The van der Waals surface area contributed by atoms with E-state index < -0.39 is 0 Å². The fraction of sp³-hybridized carbons (Fsp3) is 0.118. The molecule has 2 aromatic rings. The summed E-state index contributed by atoms with van der Waals surface area (Å²) < 4.78 is 5.25. The lowest BCUT2D eigenvalue weighted by Gasteiger charge is -2.09. The lowest BCUT2D eigenvalue weighted by atomic mass is 10.2. The fourth-order valence-corrected chi connectivity index (χ4v) is 2.05. The molecular weight excluding hydrogens is 286 g/mol. The summed E-state index contributed by atoms with van der Waals surface area (Å²) in [6.07, 6.45) is 3.12. The van der Waals surface area contributed by atoms with Gasteiger partial charge in [-0.25, -0.2) is 0 Å². The van der Waals surface area contributed by atoms with Crippen LogP contribution in [0.25, 0.3) is 6.08 Å². The minimum Gasteiger partial charge on any atom is -0.495 e. The molecule has 2 aromatic carbocycles. The zero-order valence-electron chi connectivity index (χ0n) is 11.9. The molecule has 0 heterocycles. The predicted molar refractivity (Wildman–Crippen MR) is 86.8 cm³/mol. The number of benzene rings is 2. The molecule has 0 unspecified atom stereocenters. The largest absolute Gasteiger partial charge is 0.495 e. The van der Waals surface area contributed by atoms with Crippen molar-refractivity contribution in [1.29, 1.82) is 0 Å². The number of carbonyl (C=O) groups excluding carboxylic acids is 1. The first-order chi connectivity index (χ1) is 10.1. The van der Waals surface area contributed by atoms with Gasteiger partial charge in [-0.15, -0.1) is 0 Å². The second-order valence-corrected chi connectivity index (χ2v) is 4.96. The molecule has 1 N–H and O–H groups in total. The maximum absolute atomic E-state index is 12.0. The summed E-state index contributed by atoms with van der Waals surface area (Å²) >= 11 is 6.03. The van der Waals surface area contributed by atoms with Crippen LogP contribution in [-0.2, 0) is 4.79 Å². The lowest BCUT2D eigenvalue weighted by Crippen LogP contribution is -2.09. The number of halogens is 1. The molecule has 0 fully saturated rings. The van der Waals surface area contributed by atoms with Crippen molar-refractivity contribution in [3.8, 4) is 5.75 Å². The number of anilines is 1. The summed E-state index contributed by atoms with van der Waals surface area (Å²) in [5.41, 5.74) is 2.50. The third-order valence-electron chi connectivity index (χ3n) is 2.93. The van der Waals surface area contributed by atoms with Crippen LogP contribution in [0.15, 0.2) is 48.5 Å². The molecule has 0 aliphatic carbocycles. The van der Waals surface area contributed by atoms with Crippen LogP contribution < -0.4 is 10.1 Å². The van der Waals surface area contributed by atoms with Crippen molar-refractivity contribution < 1.29 is 9.53 Å². The highest BCUT2D eigenvalue weighted by Crippen LogP contribution is 2.25. The minimum atomic E-state index is -0.239. The van der Waals surface area contributed by atoms with Crippen LogP contribution in [0.5, 0.6) is 5.75 Å². The van der Waals surface area contributed by atoms with Gasteiger partial charge in [0.05, 0.1) is 12.8 Å². The van der Waals surface area contributed by atoms with Crippen molar-refractivity contribution in [2.45, 2.75) is 6.92 Å². The highest BCUT2D eigenvalue weighted by molar-refractivity contribution is 6.32. The van der Waals surface area contributed by atoms with Gasteiger partial charge in [0.1, 0.15) is 5.75 Å². The van der Waals surface area contributed by atoms with Gasteiger partial charge >= 0.3 is 0 Å². The quantitative estimate of drug-likeness (QED) is 0.855. The summed E-state index contributed by atoms with van der Waals surface area (Å²) in [7, 11) is 1.57. The first kappa shape index (κ1) is 15.1. The van der Waals surface area contributed by atoms with Crippen LogP contribution in [-0.4, -0.2) is 13.0 Å². The second-order valence-electron chi connectivity index (χ2n) is 4.55. The Kier molecular flexibility index (Phi) is 5.01. The zero-order valence-corrected chi connectivity index (χ0v) is 12.6. The number of hydrogen-bond acceptors (Lipinski definition) is 2. The molecule has 0 saturated heterocycles. The van der Waals surface area contributed by atoms with Crippen LogP contribution in [0.2, 0.25) is 5.02 Å². The van der Waals surface area contributed by atoms with E-state index >= 15 is 0 Å². The van der Waals surface area contributed by atoms with Gasteiger partial charge in [-0.2, -0.15) is 0 Å². The molecule has 0 spiro atoms. The van der Waals surface area contributed by atoms with Gasteiger partial charge in [-0.1, -0.05) is 35.9 Å². The molecule has 0 aromatic heterocycles. The first-order valence-electron chi connectivity index (χ1n) is 6.48. The van der Waals surface area contributed by atoms with E-state index in [0.717, 1.165) is 11.1 Å². The third-order valence-corrected chi connectivity index (χ3v) is 3.28. The van der Waals surface area contributed by atoms with Crippen LogP contribution in [0.1, 0.15) is 11.1 Å². The monoisotopic (exact) mass is 301 g/mol. The Balaban J connectivity index is 2.10. The Morgan fingerprint density at radius 1 is 1.24 bits per heavy atom. The van der Waals surface area contributed by atoms with E-state index in [0.29, 0.717) is 16.5 Å². The van der Waals surface area contributed by atoms with E-state index in [4.69, 9.17) is 16.3 Å². The van der Waals surface area contributed by atoms with Crippen LogP contribution in [0, 0.1) is 6.92 Å². The van der Waals surface area contributed by atoms with Crippen molar-refractivity contribution in [2.75, 3.05) is 12.4 Å². The van der Waals surface area contributed by atoms with Gasteiger partial charge in [0.2, 0.25) is 5.91 Å². The van der Waals surface area contributed by atoms with Crippen molar-refractivity contribution >= 4 is 29.3 Å². The Morgan fingerprint density at radius 2 is 2.00 bits per heavy atom. The number of aryl methyl sites for hydroxylation is 1. The summed E-state index contributed by atoms with van der Waals surface area (Å²) in [6, 6.07) is 12.9. The fourth-order valence-electron chi connectivity index (χ4n) is 1.85. The van der Waals surface area contributed by atoms with E-state index in [1.54, 1.807) is 19.3 Å². The van der Waals surface area contributed by atoms with Crippen LogP contribution in [0.4, 0.5) is 5.69 Å². The Morgan fingerprint density at radius 3 is 2.71 bits per heavy atom. The smallest absolute Gasteiger partial charge is 0.248 e. The first-order valence-corrected chi connectivity index (χ1v) is 6.86. The highest BCUT2D eigenvalue weighted by atomic mass is 35.5. The number of amides is 1. The molecular formula is C17H16ClNO2. The van der Waals surface area contributed by atoms with Gasteiger partial charge in [-0.3, -0.25) is 4.79 Å². The van der Waals surface area contributed by atoms with Gasteiger partial charge in [0.15, 0.2) is 0 Å². The summed E-state index contributed by atoms with van der Waals surface area (Å²) in [4.78, 5) is 12.0. The second kappa shape index (κ2) is 6.95. The molecule has 2 rings (SSSR count). The van der Waals surface area contributed by atoms with Crippen molar-refractivity contribution in [1.82, 2.24) is 0 Å². The normalized spacial score (nSPS) is 10.6. The Labute approximate surface area is 129 Å². The summed E-state index contributed by atoms with van der Waals surface area (Å²) in [5, 5.41) is 3.39. The topological polar surface area (TPSA) is 38.3 Å². The highest BCUT2D eigenvalue weighted by Gasteiger charge is 2.05. The zero-order chi connectivity index (χ0) is 15.2. The Hall–Kier alpha value is -2.26. The van der Waals surface area contributed by atoms with E-state index in [9.17, 15) is 4.79 Å². The number of methoxy groups -OCH3 is 1. The van der Waals surface area contributed by atoms with Crippen LogP contribution >= 0.6 is 11.6 Å². The molecule has 0 bridgehead atoms. The molecule has 0 atom stereocenters. The molecule has 21 heavy (non-hydrogen) atoms. The standard InChI is InChI=1S/C17H16ClNO2/c1-12-7-9-15(16(11-12)21-2)19-17(20)10-8-13-5-3-4-6-14(13)18/h3-11H,1-2H3,(H,19,20). The van der Waals surface area contributed by atoms with E-state index in [2.05, 4.69) is 5.32 Å². The van der Waals surface area contributed by atoms with E-state index in [1.807, 2.05) is 43.3 Å². The summed E-state index contributed by atoms with van der Waals surface area (Å²) in [5.74, 6) is 0.395. The maximum Gasteiger partial charge on any atom is 0.248 e. The summed E-state index contributed by atoms with van der Waals surface area (Å²) in [6.45, 7) is 1.96. The number of rotatable bonds is 4. The van der Waals surface area contributed by atoms with Gasteiger partial charge in [0, 0.05) is 11.1 Å². The molecule has 4 heteroatoms. The average Bonchev–Trinajstić information content (AvgIpc) is 2.48. The maximum atomic E-state index is 12.0. The number of hydrogen-bond donors (Lipinski definition) is 1. The van der Waals surface area contributed by atoms with Crippen molar-refractivity contribution in [3.63, 3.8) is 0 Å². The molecule has 108 valence electrons. The average molecular weight is 302 g/mol. The molecule has 3 nitrogen and oxygen atoms in total. The Bertz CT molecular complexity index is 680. The van der Waals surface area contributed by atoms with Gasteiger partial charge < -0.3 is 10.1 Å². The van der Waals surface area contributed by atoms with E-state index in [-0.39, 0.29) is 5.91 Å².